The van der Waals surface area contributed by atoms with Crippen LogP contribution in [0.25, 0.3) is 0 Å². The molecule has 7 nitrogen and oxygen atoms in total. The van der Waals surface area contributed by atoms with Crippen LogP contribution >= 0.6 is 12.4 Å². The standard InChI is InChI=1S/C20H30N4O3.ClH/c1-12(2)10-23-15-8-6-7-9-16(15)24(11-13(3)4)20(27)17(19(23)26)22-18(25)14(5)21;/h6-9,12-14,17H,10-11,21H2,1-5H3,(H,22,25);1H/t14-;/m0./s1. The number of nitrogens with one attached hydrogen (secondary N) is 1. The van der Waals surface area contributed by atoms with Crippen molar-refractivity contribution in [3.05, 3.63) is 24.3 Å². The summed E-state index contributed by atoms with van der Waals surface area (Å²) in [7, 11) is 0. The summed E-state index contributed by atoms with van der Waals surface area (Å²) in [6, 6.07) is 5.27. The van der Waals surface area contributed by atoms with Crippen molar-refractivity contribution in [2.45, 2.75) is 46.7 Å². The molecule has 0 bridgehead atoms. The SMILES string of the molecule is CC(C)CN1C(=O)C(NC(=O)[C@H](C)N)C(=O)N(CC(C)C)c2ccccc21.Cl. The third-order valence-corrected chi connectivity index (χ3v) is 4.28. The first-order valence-corrected chi connectivity index (χ1v) is 9.41. The summed E-state index contributed by atoms with van der Waals surface area (Å²) in [5.41, 5.74) is 7.00. The van der Waals surface area contributed by atoms with E-state index < -0.39 is 29.8 Å². The van der Waals surface area contributed by atoms with Crippen molar-refractivity contribution in [1.29, 1.82) is 0 Å². The molecule has 1 aromatic rings. The predicted molar refractivity (Wildman–Crippen MR) is 114 cm³/mol. The van der Waals surface area contributed by atoms with Crippen LogP contribution in [0.2, 0.25) is 0 Å². The lowest BCUT2D eigenvalue weighted by molar-refractivity contribution is -0.134. The fourth-order valence-electron chi connectivity index (χ4n) is 3.08. The molecular weight excluding hydrogens is 380 g/mol. The van der Waals surface area contributed by atoms with Crippen LogP contribution in [0.15, 0.2) is 24.3 Å². The van der Waals surface area contributed by atoms with Crippen LogP contribution < -0.4 is 20.9 Å². The largest absolute Gasteiger partial charge is 0.335 e. The van der Waals surface area contributed by atoms with Gasteiger partial charge in [0.1, 0.15) is 0 Å². The Labute approximate surface area is 173 Å². The molecule has 1 aromatic carbocycles. The van der Waals surface area contributed by atoms with Gasteiger partial charge < -0.3 is 20.9 Å². The van der Waals surface area contributed by atoms with Crippen LogP contribution in [0, 0.1) is 11.8 Å². The molecule has 156 valence electrons. The lowest BCUT2D eigenvalue weighted by Gasteiger charge is -2.27. The van der Waals surface area contributed by atoms with Gasteiger partial charge in [0, 0.05) is 13.1 Å². The van der Waals surface area contributed by atoms with E-state index in [-0.39, 0.29) is 24.2 Å². The number of para-hydroxylation sites is 2. The van der Waals surface area contributed by atoms with E-state index >= 15 is 0 Å². The first kappa shape index (κ1) is 23.9. The maximum atomic E-state index is 13.3. The summed E-state index contributed by atoms with van der Waals surface area (Å²) in [5, 5.41) is 2.55. The van der Waals surface area contributed by atoms with E-state index in [1.807, 2.05) is 52.0 Å². The summed E-state index contributed by atoms with van der Waals surface area (Å²) in [6.07, 6.45) is 0. The molecule has 3 N–H and O–H groups in total. The minimum absolute atomic E-state index is 0. The minimum Gasteiger partial charge on any atom is -0.335 e. The van der Waals surface area contributed by atoms with Gasteiger partial charge in [0.25, 0.3) is 11.8 Å². The summed E-state index contributed by atoms with van der Waals surface area (Å²) >= 11 is 0. The summed E-state index contributed by atoms with van der Waals surface area (Å²) in [4.78, 5) is 41.9. The Kier molecular flexibility index (Phi) is 8.45. The van der Waals surface area contributed by atoms with E-state index in [0.29, 0.717) is 24.5 Å². The van der Waals surface area contributed by atoms with Crippen LogP contribution in [-0.4, -0.2) is 42.9 Å². The molecule has 0 spiro atoms. The summed E-state index contributed by atoms with van der Waals surface area (Å²) in [5.74, 6) is -0.999. The van der Waals surface area contributed by atoms with Crippen LogP contribution in [0.1, 0.15) is 34.6 Å². The van der Waals surface area contributed by atoms with Gasteiger partial charge in [-0.1, -0.05) is 39.8 Å². The van der Waals surface area contributed by atoms with Gasteiger partial charge in [-0.3, -0.25) is 14.4 Å². The number of anilines is 2. The Morgan fingerprint density at radius 1 is 0.964 bits per heavy atom. The van der Waals surface area contributed by atoms with Crippen LogP contribution in [0.3, 0.4) is 0 Å². The zero-order chi connectivity index (χ0) is 20.3. The van der Waals surface area contributed by atoms with Crippen molar-refractivity contribution in [2.75, 3.05) is 22.9 Å². The number of nitrogens with zero attached hydrogens (tertiary/aromatic N) is 2. The molecule has 0 saturated carbocycles. The quantitative estimate of drug-likeness (QED) is 0.700. The highest BCUT2D eigenvalue weighted by molar-refractivity contribution is 6.21. The number of fused-ring (bicyclic) bond motifs is 1. The fraction of sp³-hybridized carbons (Fsp3) is 0.550. The van der Waals surface area contributed by atoms with E-state index in [1.54, 1.807) is 9.80 Å². The Morgan fingerprint density at radius 2 is 1.36 bits per heavy atom. The Bertz CT molecular complexity index is 672. The highest BCUT2D eigenvalue weighted by Crippen LogP contribution is 2.34. The predicted octanol–water partition coefficient (Wildman–Crippen LogP) is 1.93. The number of nitrogens with two attached hydrogens (primary N) is 1. The molecule has 1 aliphatic rings. The Hall–Kier alpha value is -2.12. The average Bonchev–Trinajstić information content (AvgIpc) is 2.66. The van der Waals surface area contributed by atoms with E-state index in [0.717, 1.165) is 0 Å². The smallest absolute Gasteiger partial charge is 0.259 e. The zero-order valence-electron chi connectivity index (χ0n) is 17.1. The van der Waals surface area contributed by atoms with E-state index in [2.05, 4.69) is 5.32 Å². The molecule has 1 aliphatic heterocycles. The van der Waals surface area contributed by atoms with E-state index in [9.17, 15) is 14.4 Å². The minimum atomic E-state index is -1.28. The molecule has 2 rings (SSSR count). The lowest BCUT2D eigenvalue weighted by atomic mass is 10.1. The molecule has 0 saturated heterocycles. The van der Waals surface area contributed by atoms with E-state index in [4.69, 9.17) is 5.73 Å². The maximum absolute atomic E-state index is 13.3. The maximum Gasteiger partial charge on any atom is 0.259 e. The van der Waals surface area contributed by atoms with Gasteiger partial charge in [0.15, 0.2) is 6.04 Å². The number of hydrogen-bond acceptors (Lipinski definition) is 4. The second kappa shape index (κ2) is 9.89. The topological polar surface area (TPSA) is 95.7 Å². The third-order valence-electron chi connectivity index (χ3n) is 4.28. The van der Waals surface area contributed by atoms with Gasteiger partial charge in [0.05, 0.1) is 17.4 Å². The van der Waals surface area contributed by atoms with Crippen molar-refractivity contribution in [3.63, 3.8) is 0 Å². The number of benzene rings is 1. The van der Waals surface area contributed by atoms with Crippen molar-refractivity contribution in [3.8, 4) is 0 Å². The summed E-state index contributed by atoms with van der Waals surface area (Å²) in [6.45, 7) is 10.4. The third kappa shape index (κ3) is 5.23. The van der Waals surface area contributed by atoms with Crippen molar-refractivity contribution < 1.29 is 14.4 Å². The monoisotopic (exact) mass is 410 g/mol. The highest BCUT2D eigenvalue weighted by Gasteiger charge is 2.41. The molecule has 28 heavy (non-hydrogen) atoms. The van der Waals surface area contributed by atoms with Gasteiger partial charge in [-0.05, 0) is 30.9 Å². The van der Waals surface area contributed by atoms with Gasteiger partial charge in [0.2, 0.25) is 5.91 Å². The van der Waals surface area contributed by atoms with Crippen molar-refractivity contribution in [1.82, 2.24) is 5.32 Å². The zero-order valence-corrected chi connectivity index (χ0v) is 18.0. The molecule has 8 heteroatoms. The van der Waals surface area contributed by atoms with Crippen LogP contribution in [0.5, 0.6) is 0 Å². The normalized spacial score (nSPS) is 16.0. The fourth-order valence-corrected chi connectivity index (χ4v) is 3.08. The van der Waals surface area contributed by atoms with Gasteiger partial charge in [-0.2, -0.15) is 0 Å². The molecule has 0 fully saturated rings. The second-order valence-corrected chi connectivity index (χ2v) is 7.90. The van der Waals surface area contributed by atoms with Crippen molar-refractivity contribution >= 4 is 41.5 Å². The number of rotatable bonds is 6. The molecule has 1 heterocycles. The number of carbonyl (C=O) groups is 3. The molecule has 0 unspecified atom stereocenters. The number of carbonyl (C=O) groups excluding carboxylic acids is 3. The van der Waals surface area contributed by atoms with E-state index in [1.165, 1.54) is 6.92 Å². The van der Waals surface area contributed by atoms with Gasteiger partial charge in [-0.25, -0.2) is 0 Å². The molecule has 0 radical (unpaired) electrons. The van der Waals surface area contributed by atoms with Crippen LogP contribution in [0.4, 0.5) is 11.4 Å². The lowest BCUT2D eigenvalue weighted by Crippen LogP contribution is -2.58. The molecule has 0 aromatic heterocycles. The van der Waals surface area contributed by atoms with Gasteiger partial charge in [-0.15, -0.1) is 12.4 Å². The molecular formula is C20H31ClN4O3. The molecule has 0 aliphatic carbocycles. The molecule has 3 amide bonds. The number of hydrogen-bond donors (Lipinski definition) is 2. The first-order chi connectivity index (χ1) is 12.6. The van der Waals surface area contributed by atoms with Gasteiger partial charge >= 0.3 is 0 Å². The Morgan fingerprint density at radius 3 is 1.68 bits per heavy atom. The number of amides is 3. The average molecular weight is 411 g/mol. The first-order valence-electron chi connectivity index (χ1n) is 9.41. The highest BCUT2D eigenvalue weighted by atomic mass is 35.5. The van der Waals surface area contributed by atoms with Crippen LogP contribution in [-0.2, 0) is 14.4 Å². The number of halogens is 1. The Balaban J connectivity index is 0.00000392. The molecule has 1 atom stereocenters. The summed E-state index contributed by atoms with van der Waals surface area (Å²) < 4.78 is 0. The second-order valence-electron chi connectivity index (χ2n) is 7.90. The van der Waals surface area contributed by atoms with Crippen molar-refractivity contribution in [2.24, 2.45) is 17.6 Å².